The van der Waals surface area contributed by atoms with Crippen LogP contribution >= 0.6 is 0 Å². The molecule has 0 aliphatic heterocycles. The molecular weight excluding hydrogens is 132 g/mol. The molecule has 0 atom stereocenters. The van der Waals surface area contributed by atoms with E-state index in [0.29, 0.717) is 5.92 Å². The molecule has 0 aromatic rings. The highest BCUT2D eigenvalue weighted by molar-refractivity contribution is 5.37. The number of allylic oxidation sites excluding steroid dienone is 5. The molecule has 0 fully saturated rings. The first-order valence-electron chi connectivity index (χ1n) is 4.09. The van der Waals surface area contributed by atoms with Crippen LogP contribution in [0.1, 0.15) is 27.7 Å². The fraction of sp³-hybridized carbons (Fsp3) is 0.455. The average Bonchev–Trinajstić information content (AvgIpc) is 1.98. The predicted molar refractivity (Wildman–Crippen MR) is 52.5 cm³/mol. The zero-order valence-corrected chi connectivity index (χ0v) is 8.02. The van der Waals surface area contributed by atoms with Crippen LogP contribution in [0.2, 0.25) is 0 Å². The maximum absolute atomic E-state index is 3.77. The van der Waals surface area contributed by atoms with Crippen molar-refractivity contribution in [3.63, 3.8) is 0 Å². The van der Waals surface area contributed by atoms with Gasteiger partial charge in [-0.15, -0.1) is 0 Å². The van der Waals surface area contributed by atoms with Crippen molar-refractivity contribution in [1.29, 1.82) is 0 Å². The van der Waals surface area contributed by atoms with E-state index in [9.17, 15) is 0 Å². The lowest BCUT2D eigenvalue weighted by Gasteiger charge is -2.03. The van der Waals surface area contributed by atoms with Crippen LogP contribution in [0, 0.1) is 5.92 Å². The van der Waals surface area contributed by atoms with Gasteiger partial charge in [-0.25, -0.2) is 0 Å². The van der Waals surface area contributed by atoms with Crippen molar-refractivity contribution in [1.82, 2.24) is 0 Å². The lowest BCUT2D eigenvalue weighted by Crippen LogP contribution is -1.85. The van der Waals surface area contributed by atoms with Crippen LogP contribution in [-0.2, 0) is 0 Å². The van der Waals surface area contributed by atoms with Gasteiger partial charge in [-0.1, -0.05) is 38.7 Å². The van der Waals surface area contributed by atoms with Crippen LogP contribution < -0.4 is 0 Å². The first kappa shape index (κ1) is 10.2. The van der Waals surface area contributed by atoms with E-state index in [4.69, 9.17) is 0 Å². The SMILES string of the molecule is C=CC(=C/C(C)C)/C(C)=C\C. The van der Waals surface area contributed by atoms with Crippen LogP contribution in [0.15, 0.2) is 36.0 Å². The number of hydrogen-bond donors (Lipinski definition) is 0. The van der Waals surface area contributed by atoms with Gasteiger partial charge in [-0.2, -0.15) is 0 Å². The third-order valence-corrected chi connectivity index (χ3v) is 1.62. The largest absolute Gasteiger partial charge is 0.0985 e. The van der Waals surface area contributed by atoms with Crippen molar-refractivity contribution in [2.24, 2.45) is 5.92 Å². The Morgan fingerprint density at radius 2 is 1.91 bits per heavy atom. The molecule has 0 saturated heterocycles. The van der Waals surface area contributed by atoms with Crippen LogP contribution in [-0.4, -0.2) is 0 Å². The zero-order chi connectivity index (χ0) is 8.85. The van der Waals surface area contributed by atoms with Crippen LogP contribution in [0.25, 0.3) is 0 Å². The third-order valence-electron chi connectivity index (χ3n) is 1.62. The maximum atomic E-state index is 3.77. The summed E-state index contributed by atoms with van der Waals surface area (Å²) in [7, 11) is 0. The molecule has 0 N–H and O–H groups in total. The number of rotatable bonds is 3. The lowest BCUT2D eigenvalue weighted by molar-refractivity contribution is 0.826. The highest BCUT2D eigenvalue weighted by atomic mass is 14.0. The molecule has 0 nitrogen and oxygen atoms in total. The molecule has 0 unspecified atom stereocenters. The molecule has 0 aromatic heterocycles. The van der Waals surface area contributed by atoms with Crippen molar-refractivity contribution >= 4 is 0 Å². The van der Waals surface area contributed by atoms with E-state index in [1.807, 2.05) is 13.0 Å². The normalized spacial score (nSPS) is 13.9. The Morgan fingerprint density at radius 3 is 2.18 bits per heavy atom. The molecule has 0 aromatic carbocycles. The van der Waals surface area contributed by atoms with Gasteiger partial charge in [0.1, 0.15) is 0 Å². The van der Waals surface area contributed by atoms with Gasteiger partial charge in [-0.05, 0) is 30.9 Å². The minimum absolute atomic E-state index is 0.595. The van der Waals surface area contributed by atoms with Gasteiger partial charge in [0.2, 0.25) is 0 Å². The molecule has 11 heavy (non-hydrogen) atoms. The third kappa shape index (κ3) is 3.82. The van der Waals surface area contributed by atoms with Gasteiger partial charge >= 0.3 is 0 Å². The fourth-order valence-electron chi connectivity index (χ4n) is 0.886. The summed E-state index contributed by atoms with van der Waals surface area (Å²) in [5.74, 6) is 0.595. The van der Waals surface area contributed by atoms with Crippen LogP contribution in [0.4, 0.5) is 0 Å². The summed E-state index contributed by atoms with van der Waals surface area (Å²) in [4.78, 5) is 0. The highest BCUT2D eigenvalue weighted by Crippen LogP contribution is 2.12. The summed E-state index contributed by atoms with van der Waals surface area (Å²) in [6, 6.07) is 0. The lowest BCUT2D eigenvalue weighted by atomic mass is 10.0. The monoisotopic (exact) mass is 150 g/mol. The minimum atomic E-state index is 0.595. The molecule has 62 valence electrons. The van der Waals surface area contributed by atoms with E-state index >= 15 is 0 Å². The molecule has 0 saturated carbocycles. The zero-order valence-electron chi connectivity index (χ0n) is 8.02. The quantitative estimate of drug-likeness (QED) is 0.538. The van der Waals surface area contributed by atoms with Crippen LogP contribution in [0.3, 0.4) is 0 Å². The van der Waals surface area contributed by atoms with E-state index in [1.54, 1.807) is 0 Å². The Labute approximate surface area is 70.3 Å². The molecule has 0 rings (SSSR count). The van der Waals surface area contributed by atoms with E-state index in [1.165, 1.54) is 11.1 Å². The standard InChI is InChI=1S/C11H18/c1-6-10(5)11(7-2)8-9(3)4/h6-9H,2H2,1,3-5H3/b10-6-,11-8-. The second kappa shape index (κ2) is 4.95. The molecule has 0 aliphatic carbocycles. The Hall–Kier alpha value is -0.780. The van der Waals surface area contributed by atoms with Crippen molar-refractivity contribution in [2.75, 3.05) is 0 Å². The summed E-state index contributed by atoms with van der Waals surface area (Å²) in [5, 5.41) is 0. The van der Waals surface area contributed by atoms with E-state index in [0.717, 1.165) is 0 Å². The summed E-state index contributed by atoms with van der Waals surface area (Å²) < 4.78 is 0. The Balaban J connectivity index is 4.53. The minimum Gasteiger partial charge on any atom is -0.0985 e. The van der Waals surface area contributed by atoms with Crippen molar-refractivity contribution in [3.05, 3.63) is 36.0 Å². The van der Waals surface area contributed by atoms with E-state index < -0.39 is 0 Å². The second-order valence-electron chi connectivity index (χ2n) is 3.04. The average molecular weight is 150 g/mol. The Bertz CT molecular complexity index is 180. The molecule has 0 bridgehead atoms. The van der Waals surface area contributed by atoms with Gasteiger partial charge in [0.25, 0.3) is 0 Å². The highest BCUT2D eigenvalue weighted by Gasteiger charge is 1.94. The van der Waals surface area contributed by atoms with Gasteiger partial charge in [0.15, 0.2) is 0 Å². The van der Waals surface area contributed by atoms with Gasteiger partial charge in [-0.3, -0.25) is 0 Å². The topological polar surface area (TPSA) is 0 Å². The maximum Gasteiger partial charge on any atom is -0.0274 e. The Morgan fingerprint density at radius 1 is 1.36 bits per heavy atom. The van der Waals surface area contributed by atoms with Crippen LogP contribution in [0.5, 0.6) is 0 Å². The first-order valence-corrected chi connectivity index (χ1v) is 4.09. The number of hydrogen-bond acceptors (Lipinski definition) is 0. The van der Waals surface area contributed by atoms with Gasteiger partial charge in [0.05, 0.1) is 0 Å². The van der Waals surface area contributed by atoms with Crippen molar-refractivity contribution < 1.29 is 0 Å². The van der Waals surface area contributed by atoms with Crippen molar-refractivity contribution in [3.8, 4) is 0 Å². The van der Waals surface area contributed by atoms with E-state index in [-0.39, 0.29) is 0 Å². The molecule has 0 heteroatoms. The molecule has 0 aliphatic rings. The predicted octanol–water partition coefficient (Wildman–Crippen LogP) is 3.72. The van der Waals surface area contributed by atoms with Crippen molar-refractivity contribution in [2.45, 2.75) is 27.7 Å². The summed E-state index contributed by atoms with van der Waals surface area (Å²) in [6.45, 7) is 12.3. The molecule has 0 spiro atoms. The molecular formula is C11H18. The second-order valence-corrected chi connectivity index (χ2v) is 3.04. The smallest absolute Gasteiger partial charge is 0.0274 e. The summed E-state index contributed by atoms with van der Waals surface area (Å²) in [6.07, 6.45) is 6.24. The molecule has 0 amide bonds. The van der Waals surface area contributed by atoms with Gasteiger partial charge < -0.3 is 0 Å². The Kier molecular flexibility index (Phi) is 4.60. The molecule has 0 radical (unpaired) electrons. The molecule has 0 heterocycles. The fourth-order valence-corrected chi connectivity index (χ4v) is 0.886. The summed E-state index contributed by atoms with van der Waals surface area (Å²) in [5.41, 5.74) is 2.55. The van der Waals surface area contributed by atoms with E-state index in [2.05, 4.69) is 39.5 Å². The van der Waals surface area contributed by atoms with Gasteiger partial charge in [0, 0.05) is 0 Å². The first-order chi connectivity index (χ1) is 5.11. The summed E-state index contributed by atoms with van der Waals surface area (Å²) >= 11 is 0.